The van der Waals surface area contributed by atoms with Gasteiger partial charge in [-0.15, -0.1) is 0 Å². The molecule has 1 heterocycles. The first kappa shape index (κ1) is 22.5. The molecule has 0 bridgehead atoms. The number of benzene rings is 1. The minimum absolute atomic E-state index is 0.174. The Hall–Kier alpha value is -2.23. The van der Waals surface area contributed by atoms with Crippen molar-refractivity contribution in [2.75, 3.05) is 32.9 Å². The van der Waals surface area contributed by atoms with Crippen LogP contribution < -0.4 is 5.32 Å². The van der Waals surface area contributed by atoms with Gasteiger partial charge in [0, 0.05) is 25.2 Å². The molecule has 0 radical (unpaired) electrons. The average Bonchev–Trinajstić information content (AvgIpc) is 2.78. The number of hydrogen-bond acceptors (Lipinski definition) is 6. The Kier molecular flexibility index (Phi) is 8.01. The largest absolute Gasteiger partial charge is 0.452 e. The highest BCUT2D eigenvalue weighted by Gasteiger charge is 2.26. The molecule has 2 aliphatic rings. The van der Waals surface area contributed by atoms with Gasteiger partial charge >= 0.3 is 5.97 Å². The van der Waals surface area contributed by atoms with E-state index in [2.05, 4.69) is 5.32 Å². The van der Waals surface area contributed by atoms with Gasteiger partial charge in [0.1, 0.15) is 0 Å². The monoisotopic (exact) mass is 436 g/mol. The highest BCUT2D eigenvalue weighted by Crippen LogP contribution is 2.18. The zero-order valence-corrected chi connectivity index (χ0v) is 17.7. The molecule has 1 aliphatic carbocycles. The number of morpholine rings is 1. The summed E-state index contributed by atoms with van der Waals surface area (Å²) in [4.78, 5) is 23.9. The van der Waals surface area contributed by atoms with Crippen molar-refractivity contribution in [1.29, 1.82) is 0 Å². The third-order valence-corrected chi connectivity index (χ3v) is 7.13. The number of rotatable bonds is 7. The number of esters is 1. The first-order valence-electron chi connectivity index (χ1n) is 10.3. The van der Waals surface area contributed by atoms with Crippen molar-refractivity contribution >= 4 is 28.0 Å². The summed E-state index contributed by atoms with van der Waals surface area (Å²) < 4.78 is 36.8. The number of nitrogens with one attached hydrogen (secondary N) is 1. The van der Waals surface area contributed by atoms with E-state index in [0.29, 0.717) is 31.9 Å². The molecule has 0 atom stereocenters. The summed E-state index contributed by atoms with van der Waals surface area (Å²) in [5.41, 5.74) is 0.652. The molecule has 0 unspecified atom stereocenters. The quantitative estimate of drug-likeness (QED) is 0.516. The molecular formula is C21H28N2O6S. The Morgan fingerprint density at radius 3 is 2.43 bits per heavy atom. The minimum atomic E-state index is -3.55. The summed E-state index contributed by atoms with van der Waals surface area (Å²) >= 11 is 0. The van der Waals surface area contributed by atoms with Gasteiger partial charge in [0.05, 0.1) is 18.1 Å². The second kappa shape index (κ2) is 10.7. The Balaban J connectivity index is 1.47. The van der Waals surface area contributed by atoms with Gasteiger partial charge in [-0.3, -0.25) is 4.79 Å². The van der Waals surface area contributed by atoms with Crippen LogP contribution in [0.15, 0.2) is 35.2 Å². The van der Waals surface area contributed by atoms with Crippen molar-refractivity contribution in [2.24, 2.45) is 0 Å². The molecule has 1 N–H and O–H groups in total. The Morgan fingerprint density at radius 1 is 1.10 bits per heavy atom. The number of amides is 1. The maximum Gasteiger partial charge on any atom is 0.331 e. The van der Waals surface area contributed by atoms with Crippen LogP contribution in [0.1, 0.15) is 37.7 Å². The van der Waals surface area contributed by atoms with Crippen LogP contribution in [-0.2, 0) is 29.1 Å². The maximum atomic E-state index is 12.6. The lowest BCUT2D eigenvalue weighted by molar-refractivity contribution is -0.144. The summed E-state index contributed by atoms with van der Waals surface area (Å²) in [7, 11) is -3.55. The van der Waals surface area contributed by atoms with Gasteiger partial charge in [0.15, 0.2) is 6.61 Å². The molecule has 3 rings (SSSR count). The SMILES string of the molecule is O=C(COC(=O)/C=C/c1ccc(S(=O)(=O)N2CCOCC2)cc1)NC1CCCCC1. The standard InChI is InChI=1S/C21H28N2O6S/c24-20(22-18-4-2-1-3-5-18)16-29-21(25)11-8-17-6-9-19(10-7-17)30(26,27)23-12-14-28-15-13-23/h6-11,18H,1-5,12-16H2,(H,22,24)/b11-8+. The Bertz CT molecular complexity index is 854. The molecule has 164 valence electrons. The van der Waals surface area contributed by atoms with E-state index in [-0.39, 0.29) is 23.5 Å². The maximum absolute atomic E-state index is 12.6. The fourth-order valence-electron chi connectivity index (χ4n) is 3.55. The normalized spacial score (nSPS) is 18.9. The highest BCUT2D eigenvalue weighted by atomic mass is 32.2. The van der Waals surface area contributed by atoms with Gasteiger partial charge in [-0.1, -0.05) is 31.4 Å². The zero-order chi connectivity index (χ0) is 21.4. The van der Waals surface area contributed by atoms with Crippen molar-refractivity contribution in [2.45, 2.75) is 43.0 Å². The fraction of sp³-hybridized carbons (Fsp3) is 0.524. The van der Waals surface area contributed by atoms with E-state index in [1.54, 1.807) is 12.1 Å². The van der Waals surface area contributed by atoms with E-state index in [9.17, 15) is 18.0 Å². The number of carbonyl (C=O) groups is 2. The molecule has 1 saturated heterocycles. The first-order valence-corrected chi connectivity index (χ1v) is 11.7. The van der Waals surface area contributed by atoms with E-state index in [4.69, 9.17) is 9.47 Å². The van der Waals surface area contributed by atoms with Gasteiger partial charge in [0.25, 0.3) is 5.91 Å². The molecular weight excluding hydrogens is 408 g/mol. The summed E-state index contributed by atoms with van der Waals surface area (Å²) in [6, 6.07) is 6.42. The third kappa shape index (κ3) is 6.38. The molecule has 2 fully saturated rings. The summed E-state index contributed by atoms with van der Waals surface area (Å²) in [6.45, 7) is 1.15. The van der Waals surface area contributed by atoms with E-state index < -0.39 is 16.0 Å². The Labute approximate surface area is 177 Å². The third-order valence-electron chi connectivity index (χ3n) is 5.22. The molecule has 1 aliphatic heterocycles. The second-order valence-electron chi connectivity index (χ2n) is 7.43. The lowest BCUT2D eigenvalue weighted by atomic mass is 9.95. The number of hydrogen-bond donors (Lipinski definition) is 1. The molecule has 1 aromatic rings. The molecule has 0 spiro atoms. The predicted octanol–water partition coefficient (Wildman–Crippen LogP) is 1.71. The van der Waals surface area contributed by atoms with Crippen LogP contribution in [0, 0.1) is 0 Å². The summed E-state index contributed by atoms with van der Waals surface area (Å²) in [5, 5.41) is 2.89. The van der Waals surface area contributed by atoms with Crippen molar-refractivity contribution < 1.29 is 27.5 Å². The van der Waals surface area contributed by atoms with Crippen molar-refractivity contribution in [3.63, 3.8) is 0 Å². The Morgan fingerprint density at radius 2 is 1.77 bits per heavy atom. The lowest BCUT2D eigenvalue weighted by Crippen LogP contribution is -2.40. The van der Waals surface area contributed by atoms with Crippen LogP contribution in [0.5, 0.6) is 0 Å². The van der Waals surface area contributed by atoms with E-state index in [1.807, 2.05) is 0 Å². The fourth-order valence-corrected chi connectivity index (χ4v) is 4.96. The van der Waals surface area contributed by atoms with Gasteiger partial charge in [-0.2, -0.15) is 4.31 Å². The second-order valence-corrected chi connectivity index (χ2v) is 9.37. The molecule has 30 heavy (non-hydrogen) atoms. The zero-order valence-electron chi connectivity index (χ0n) is 16.9. The van der Waals surface area contributed by atoms with Crippen LogP contribution in [-0.4, -0.2) is 63.6 Å². The van der Waals surface area contributed by atoms with Gasteiger partial charge in [0.2, 0.25) is 10.0 Å². The van der Waals surface area contributed by atoms with Crippen LogP contribution in [0.2, 0.25) is 0 Å². The van der Waals surface area contributed by atoms with E-state index in [0.717, 1.165) is 25.7 Å². The first-order chi connectivity index (χ1) is 14.4. The van der Waals surface area contributed by atoms with Crippen molar-refractivity contribution in [3.05, 3.63) is 35.9 Å². The molecule has 0 aromatic heterocycles. The summed E-state index contributed by atoms with van der Waals surface area (Å²) in [5.74, 6) is -0.917. The lowest BCUT2D eigenvalue weighted by Gasteiger charge is -2.26. The molecule has 1 aromatic carbocycles. The number of sulfonamides is 1. The van der Waals surface area contributed by atoms with E-state index in [1.165, 1.54) is 35.0 Å². The average molecular weight is 437 g/mol. The van der Waals surface area contributed by atoms with Crippen molar-refractivity contribution in [3.8, 4) is 0 Å². The highest BCUT2D eigenvalue weighted by molar-refractivity contribution is 7.89. The van der Waals surface area contributed by atoms with E-state index >= 15 is 0 Å². The van der Waals surface area contributed by atoms with Gasteiger partial charge in [-0.05, 0) is 36.6 Å². The van der Waals surface area contributed by atoms with Crippen molar-refractivity contribution in [1.82, 2.24) is 9.62 Å². The van der Waals surface area contributed by atoms with Crippen LogP contribution in [0.3, 0.4) is 0 Å². The van der Waals surface area contributed by atoms with Crippen LogP contribution in [0.4, 0.5) is 0 Å². The molecule has 1 amide bonds. The minimum Gasteiger partial charge on any atom is -0.452 e. The molecule has 9 heteroatoms. The van der Waals surface area contributed by atoms with Crippen LogP contribution in [0.25, 0.3) is 6.08 Å². The smallest absolute Gasteiger partial charge is 0.331 e. The van der Waals surface area contributed by atoms with Gasteiger partial charge < -0.3 is 14.8 Å². The van der Waals surface area contributed by atoms with Crippen LogP contribution >= 0.6 is 0 Å². The topological polar surface area (TPSA) is 102 Å². The number of carbonyl (C=O) groups excluding carboxylic acids is 2. The molecule has 8 nitrogen and oxygen atoms in total. The summed E-state index contributed by atoms with van der Waals surface area (Å²) in [6.07, 6.45) is 8.10. The predicted molar refractivity (Wildman–Crippen MR) is 111 cm³/mol. The van der Waals surface area contributed by atoms with Gasteiger partial charge in [-0.25, -0.2) is 13.2 Å². The number of ether oxygens (including phenoxy) is 2. The molecule has 1 saturated carbocycles. The number of nitrogens with zero attached hydrogens (tertiary/aromatic N) is 1.